The predicted molar refractivity (Wildman–Crippen MR) is 97.4 cm³/mol. The molecule has 0 radical (unpaired) electrons. The highest BCUT2D eigenvalue weighted by Crippen LogP contribution is 2.48. The Morgan fingerprint density at radius 1 is 1.19 bits per heavy atom. The molecule has 1 aromatic carbocycles. The Balaban J connectivity index is 1.28. The van der Waals surface area contributed by atoms with E-state index >= 15 is 0 Å². The monoisotopic (exact) mass is 354 g/mol. The highest BCUT2D eigenvalue weighted by Gasteiger charge is 2.46. The van der Waals surface area contributed by atoms with E-state index in [1.807, 2.05) is 18.2 Å². The van der Waals surface area contributed by atoms with E-state index in [1.54, 1.807) is 23.4 Å². The number of nitrogens with zero attached hydrogens (tertiary/aromatic N) is 3. The van der Waals surface area contributed by atoms with E-state index in [4.69, 9.17) is 0 Å². The van der Waals surface area contributed by atoms with Gasteiger partial charge in [0.15, 0.2) is 0 Å². The van der Waals surface area contributed by atoms with Crippen LogP contribution in [0.4, 0.5) is 10.3 Å². The van der Waals surface area contributed by atoms with Gasteiger partial charge in [-0.1, -0.05) is 30.3 Å². The number of aromatic nitrogens is 2. The van der Waals surface area contributed by atoms with Crippen molar-refractivity contribution >= 4 is 11.9 Å². The van der Waals surface area contributed by atoms with Gasteiger partial charge in [0.2, 0.25) is 11.9 Å². The number of benzene rings is 1. The summed E-state index contributed by atoms with van der Waals surface area (Å²) in [4.78, 5) is 22.6. The van der Waals surface area contributed by atoms with Gasteiger partial charge in [-0.3, -0.25) is 4.79 Å². The Morgan fingerprint density at radius 2 is 1.96 bits per heavy atom. The summed E-state index contributed by atoms with van der Waals surface area (Å²) in [6.45, 7) is 1.31. The molecule has 2 fully saturated rings. The van der Waals surface area contributed by atoms with Crippen molar-refractivity contribution in [1.29, 1.82) is 0 Å². The number of rotatable bonds is 5. The summed E-state index contributed by atoms with van der Waals surface area (Å²) in [5.74, 6) is 0.835. The molecular weight excluding hydrogens is 331 g/mol. The number of halogens is 1. The van der Waals surface area contributed by atoms with Crippen molar-refractivity contribution in [3.63, 3.8) is 0 Å². The number of alkyl halides is 1. The fourth-order valence-electron chi connectivity index (χ4n) is 3.77. The molecule has 5 nitrogen and oxygen atoms in total. The van der Waals surface area contributed by atoms with E-state index in [9.17, 15) is 9.18 Å². The van der Waals surface area contributed by atoms with E-state index in [0.29, 0.717) is 31.4 Å². The van der Waals surface area contributed by atoms with Crippen LogP contribution in [0.15, 0.2) is 48.8 Å². The topological polar surface area (TPSA) is 58.1 Å². The summed E-state index contributed by atoms with van der Waals surface area (Å²) >= 11 is 0. The van der Waals surface area contributed by atoms with Crippen molar-refractivity contribution in [2.45, 2.75) is 24.9 Å². The lowest BCUT2D eigenvalue weighted by Gasteiger charge is -2.35. The molecule has 1 aliphatic carbocycles. The van der Waals surface area contributed by atoms with E-state index in [-0.39, 0.29) is 24.3 Å². The first kappa shape index (κ1) is 16.9. The normalized spacial score (nSPS) is 27.8. The third-order valence-electron chi connectivity index (χ3n) is 5.41. The van der Waals surface area contributed by atoms with Crippen LogP contribution < -0.4 is 5.32 Å². The second-order valence-electron chi connectivity index (χ2n) is 7.16. The number of hydrogen-bond acceptors (Lipinski definition) is 4. The average Bonchev–Trinajstić information content (AvgIpc) is 3.49. The number of hydrogen-bond donors (Lipinski definition) is 1. The summed E-state index contributed by atoms with van der Waals surface area (Å²) in [5, 5.41) is 3.09. The molecule has 1 N–H and O–H groups in total. The Morgan fingerprint density at radius 3 is 2.69 bits per heavy atom. The van der Waals surface area contributed by atoms with E-state index in [0.717, 1.165) is 6.42 Å². The first-order valence-corrected chi connectivity index (χ1v) is 9.21. The molecule has 1 saturated carbocycles. The largest absolute Gasteiger partial charge is 0.354 e. The summed E-state index contributed by atoms with van der Waals surface area (Å²) in [5.41, 5.74) is 1.21. The standard InChI is InChI=1S/C20H23FN4O/c21-18-13-25(10-7-15(18)12-24-20-22-8-4-9-23-20)19(26)17-11-16(17)14-5-2-1-3-6-14/h1-6,8-9,15-18H,7,10-13H2,(H,22,23,24)/t15-,16-,17+,18+/m1/s1. The Kier molecular flexibility index (Phi) is 4.82. The molecule has 4 rings (SSSR count). The summed E-state index contributed by atoms with van der Waals surface area (Å²) in [6, 6.07) is 11.9. The SMILES string of the molecule is O=C([C@H]1C[C@@H]1c1ccccc1)N1CC[C@H](CNc2ncccn2)[C@@H](F)C1. The molecule has 2 aliphatic rings. The number of amides is 1. The highest BCUT2D eigenvalue weighted by molar-refractivity contribution is 5.83. The van der Waals surface area contributed by atoms with Crippen molar-refractivity contribution in [2.75, 3.05) is 25.0 Å². The molecule has 136 valence electrons. The van der Waals surface area contributed by atoms with Gasteiger partial charge in [-0.05, 0) is 30.4 Å². The van der Waals surface area contributed by atoms with E-state index < -0.39 is 6.17 Å². The first-order chi connectivity index (χ1) is 12.7. The van der Waals surface area contributed by atoms with Crippen molar-refractivity contribution < 1.29 is 9.18 Å². The lowest BCUT2D eigenvalue weighted by atomic mass is 9.94. The highest BCUT2D eigenvalue weighted by atomic mass is 19.1. The Labute approximate surface area is 152 Å². The van der Waals surface area contributed by atoms with Crippen LogP contribution in [-0.4, -0.2) is 46.6 Å². The third-order valence-corrected chi connectivity index (χ3v) is 5.41. The van der Waals surface area contributed by atoms with Crippen LogP contribution in [0.1, 0.15) is 24.3 Å². The second kappa shape index (κ2) is 7.40. The molecule has 0 bridgehead atoms. The minimum Gasteiger partial charge on any atom is -0.354 e. The van der Waals surface area contributed by atoms with Crippen LogP contribution in [0, 0.1) is 11.8 Å². The number of piperidine rings is 1. The van der Waals surface area contributed by atoms with E-state index in [2.05, 4.69) is 27.4 Å². The summed E-state index contributed by atoms with van der Waals surface area (Å²) in [7, 11) is 0. The molecule has 2 aromatic rings. The smallest absolute Gasteiger partial charge is 0.226 e. The van der Waals surface area contributed by atoms with Gasteiger partial charge in [-0.15, -0.1) is 0 Å². The van der Waals surface area contributed by atoms with Gasteiger partial charge < -0.3 is 10.2 Å². The minimum atomic E-state index is -1.02. The molecule has 1 saturated heterocycles. The van der Waals surface area contributed by atoms with E-state index in [1.165, 1.54) is 5.56 Å². The zero-order chi connectivity index (χ0) is 17.9. The molecule has 6 heteroatoms. The van der Waals surface area contributed by atoms with Gasteiger partial charge in [-0.25, -0.2) is 14.4 Å². The van der Waals surface area contributed by atoms with Crippen LogP contribution >= 0.6 is 0 Å². The van der Waals surface area contributed by atoms with Gasteiger partial charge >= 0.3 is 0 Å². The van der Waals surface area contributed by atoms with Crippen LogP contribution in [0.5, 0.6) is 0 Å². The van der Waals surface area contributed by atoms with Crippen LogP contribution in [0.2, 0.25) is 0 Å². The van der Waals surface area contributed by atoms with Gasteiger partial charge in [0.1, 0.15) is 6.17 Å². The number of nitrogens with one attached hydrogen (secondary N) is 1. The van der Waals surface area contributed by atoms with Gasteiger partial charge in [0, 0.05) is 37.3 Å². The molecular formula is C20H23FN4O. The van der Waals surface area contributed by atoms with Crippen LogP contribution in [0.3, 0.4) is 0 Å². The summed E-state index contributed by atoms with van der Waals surface area (Å²) < 4.78 is 14.6. The lowest BCUT2D eigenvalue weighted by Crippen LogP contribution is -2.47. The quantitative estimate of drug-likeness (QED) is 0.897. The maximum absolute atomic E-state index is 14.6. The number of carbonyl (C=O) groups excluding carboxylic acids is 1. The zero-order valence-electron chi connectivity index (χ0n) is 14.6. The number of carbonyl (C=O) groups is 1. The fourth-order valence-corrected chi connectivity index (χ4v) is 3.77. The maximum atomic E-state index is 14.6. The van der Waals surface area contributed by atoms with Crippen molar-refractivity contribution in [2.24, 2.45) is 11.8 Å². The predicted octanol–water partition coefficient (Wildman–Crippen LogP) is 2.88. The minimum absolute atomic E-state index is 0.0250. The Bertz CT molecular complexity index is 742. The molecule has 26 heavy (non-hydrogen) atoms. The molecule has 2 heterocycles. The lowest BCUT2D eigenvalue weighted by molar-refractivity contribution is -0.135. The maximum Gasteiger partial charge on any atom is 0.226 e. The van der Waals surface area contributed by atoms with Gasteiger partial charge in [0.05, 0.1) is 6.54 Å². The van der Waals surface area contributed by atoms with Crippen LogP contribution in [-0.2, 0) is 4.79 Å². The fraction of sp³-hybridized carbons (Fsp3) is 0.450. The molecule has 1 amide bonds. The van der Waals surface area contributed by atoms with Crippen LogP contribution in [0.25, 0.3) is 0 Å². The van der Waals surface area contributed by atoms with Gasteiger partial charge in [-0.2, -0.15) is 0 Å². The van der Waals surface area contributed by atoms with Crippen molar-refractivity contribution in [3.05, 3.63) is 54.4 Å². The van der Waals surface area contributed by atoms with Crippen molar-refractivity contribution in [1.82, 2.24) is 14.9 Å². The average molecular weight is 354 g/mol. The first-order valence-electron chi connectivity index (χ1n) is 9.21. The Hall–Kier alpha value is -2.50. The molecule has 0 unspecified atom stereocenters. The number of likely N-dealkylation sites (tertiary alicyclic amines) is 1. The van der Waals surface area contributed by atoms with Gasteiger partial charge in [0.25, 0.3) is 0 Å². The zero-order valence-corrected chi connectivity index (χ0v) is 14.6. The van der Waals surface area contributed by atoms with Crippen molar-refractivity contribution in [3.8, 4) is 0 Å². The molecule has 4 atom stereocenters. The third kappa shape index (κ3) is 3.69. The molecule has 1 aromatic heterocycles. The molecule has 1 aliphatic heterocycles. The molecule has 0 spiro atoms. The number of anilines is 1. The second-order valence-corrected chi connectivity index (χ2v) is 7.16. The summed E-state index contributed by atoms with van der Waals surface area (Å²) in [6.07, 6.45) is 3.84.